The van der Waals surface area contributed by atoms with Crippen molar-refractivity contribution in [3.63, 3.8) is 0 Å². The Morgan fingerprint density at radius 3 is 2.75 bits per heavy atom. The summed E-state index contributed by atoms with van der Waals surface area (Å²) in [5, 5.41) is 3.50. The van der Waals surface area contributed by atoms with Gasteiger partial charge < -0.3 is 0 Å². The number of carbonyl (C=O) groups is 1. The normalized spacial score (nSPS) is 8.62. The van der Waals surface area contributed by atoms with Crippen LogP contribution in [0.25, 0.3) is 0 Å². The van der Waals surface area contributed by atoms with Crippen molar-refractivity contribution in [3.8, 4) is 0 Å². The van der Waals surface area contributed by atoms with Gasteiger partial charge in [0.2, 0.25) is 6.41 Å². The van der Waals surface area contributed by atoms with Gasteiger partial charge in [-0.15, -0.1) is 0 Å². The SMILES string of the molecule is [CH2]CCCC[N]C=O. The fourth-order valence-corrected chi connectivity index (χ4v) is 0.433. The van der Waals surface area contributed by atoms with Crippen LogP contribution in [0.4, 0.5) is 0 Å². The molecule has 0 spiro atoms. The summed E-state index contributed by atoms with van der Waals surface area (Å²) in [5.74, 6) is 0. The van der Waals surface area contributed by atoms with E-state index in [1.54, 1.807) is 0 Å². The van der Waals surface area contributed by atoms with Crippen molar-refractivity contribution in [1.82, 2.24) is 5.32 Å². The van der Waals surface area contributed by atoms with Crippen molar-refractivity contribution in [2.45, 2.75) is 19.3 Å². The number of hydrogen-bond acceptors (Lipinski definition) is 1. The van der Waals surface area contributed by atoms with Crippen molar-refractivity contribution in [2.24, 2.45) is 0 Å². The molecule has 1 amide bonds. The van der Waals surface area contributed by atoms with Crippen LogP contribution in [0, 0.1) is 6.92 Å². The fraction of sp³-hybridized carbons (Fsp3) is 0.667. The van der Waals surface area contributed by atoms with E-state index in [0.717, 1.165) is 19.3 Å². The maximum absolute atomic E-state index is 9.59. The van der Waals surface area contributed by atoms with Gasteiger partial charge in [0.15, 0.2) is 0 Å². The molecule has 0 aliphatic heterocycles. The van der Waals surface area contributed by atoms with E-state index < -0.39 is 0 Å². The van der Waals surface area contributed by atoms with Crippen LogP contribution in [0.1, 0.15) is 19.3 Å². The lowest BCUT2D eigenvalue weighted by Crippen LogP contribution is -2.02. The molecule has 0 unspecified atom stereocenters. The Bertz CT molecular complexity index is 54.5. The summed E-state index contributed by atoms with van der Waals surface area (Å²) in [6.07, 6.45) is 3.59. The maximum atomic E-state index is 9.59. The van der Waals surface area contributed by atoms with Crippen molar-refractivity contribution in [3.05, 3.63) is 6.92 Å². The molecule has 0 saturated carbocycles. The number of amides is 1. The van der Waals surface area contributed by atoms with Gasteiger partial charge in [0.25, 0.3) is 0 Å². The highest BCUT2D eigenvalue weighted by Crippen LogP contribution is 1.89. The number of nitrogens with zero attached hydrogens (tertiary/aromatic N) is 1. The molecule has 0 aliphatic carbocycles. The number of hydrogen-bond donors (Lipinski definition) is 0. The van der Waals surface area contributed by atoms with E-state index in [4.69, 9.17) is 0 Å². The topological polar surface area (TPSA) is 31.2 Å². The Morgan fingerprint density at radius 2 is 2.25 bits per heavy atom. The van der Waals surface area contributed by atoms with Gasteiger partial charge in [-0.2, -0.15) is 0 Å². The van der Waals surface area contributed by atoms with E-state index in [1.165, 1.54) is 0 Å². The average molecular weight is 113 g/mol. The standard InChI is InChI=1S/C6H11NO/c1-2-3-4-5-7-6-8/h6H,1-5H2. The monoisotopic (exact) mass is 113 g/mol. The average Bonchev–Trinajstić information content (AvgIpc) is 1.81. The van der Waals surface area contributed by atoms with Gasteiger partial charge in [0.1, 0.15) is 0 Å². The van der Waals surface area contributed by atoms with Crippen LogP contribution in [0.2, 0.25) is 0 Å². The predicted molar refractivity (Wildman–Crippen MR) is 32.3 cm³/mol. The van der Waals surface area contributed by atoms with Crippen molar-refractivity contribution in [1.29, 1.82) is 0 Å². The highest BCUT2D eigenvalue weighted by Gasteiger charge is 1.83. The first kappa shape index (κ1) is 7.47. The number of rotatable bonds is 5. The second-order valence-corrected chi connectivity index (χ2v) is 1.57. The molecule has 2 radical (unpaired) electrons. The van der Waals surface area contributed by atoms with Crippen molar-refractivity contribution >= 4 is 6.41 Å². The third-order valence-corrected chi connectivity index (χ3v) is 0.862. The van der Waals surface area contributed by atoms with E-state index in [-0.39, 0.29) is 0 Å². The molecule has 0 fully saturated rings. The van der Waals surface area contributed by atoms with E-state index >= 15 is 0 Å². The fourth-order valence-electron chi connectivity index (χ4n) is 0.433. The zero-order valence-electron chi connectivity index (χ0n) is 4.97. The summed E-state index contributed by atoms with van der Waals surface area (Å²) < 4.78 is 0. The van der Waals surface area contributed by atoms with E-state index in [0.29, 0.717) is 13.0 Å². The first-order valence-corrected chi connectivity index (χ1v) is 2.81. The molecule has 0 heterocycles. The first-order chi connectivity index (χ1) is 3.91. The molecule has 0 N–H and O–H groups in total. The van der Waals surface area contributed by atoms with Gasteiger partial charge >= 0.3 is 0 Å². The van der Waals surface area contributed by atoms with Gasteiger partial charge in [-0.1, -0.05) is 19.8 Å². The van der Waals surface area contributed by atoms with E-state index in [2.05, 4.69) is 12.2 Å². The molecule has 0 aromatic carbocycles. The van der Waals surface area contributed by atoms with Crippen LogP contribution in [-0.2, 0) is 4.79 Å². The number of carbonyl (C=O) groups excluding carboxylic acids is 1. The molecule has 46 valence electrons. The molecular formula is C6H11NO. The third kappa shape index (κ3) is 5.47. The van der Waals surface area contributed by atoms with Gasteiger partial charge in [-0.25, -0.2) is 0 Å². The zero-order valence-corrected chi connectivity index (χ0v) is 4.97. The van der Waals surface area contributed by atoms with Gasteiger partial charge in [-0.05, 0) is 6.42 Å². The maximum Gasteiger partial charge on any atom is 0.228 e. The van der Waals surface area contributed by atoms with Crippen LogP contribution in [0.3, 0.4) is 0 Å². The molecule has 0 rings (SSSR count). The molecule has 2 heteroatoms. The largest absolute Gasteiger partial charge is 0.277 e. The lowest BCUT2D eigenvalue weighted by Gasteiger charge is -1.91. The minimum atomic E-state index is 0.600. The summed E-state index contributed by atoms with van der Waals surface area (Å²) in [7, 11) is 0. The molecule has 8 heavy (non-hydrogen) atoms. The molecule has 0 saturated heterocycles. The van der Waals surface area contributed by atoms with E-state index in [1.807, 2.05) is 0 Å². The second kappa shape index (κ2) is 6.47. The quantitative estimate of drug-likeness (QED) is 0.382. The van der Waals surface area contributed by atoms with Crippen LogP contribution in [-0.4, -0.2) is 13.0 Å². The van der Waals surface area contributed by atoms with Gasteiger partial charge in [0, 0.05) is 6.54 Å². The molecule has 0 aromatic heterocycles. The molecule has 0 aromatic rings. The Kier molecular flexibility index (Phi) is 6.04. The number of unbranched alkanes of at least 4 members (excludes halogenated alkanes) is 2. The minimum Gasteiger partial charge on any atom is -0.277 e. The molecule has 0 atom stereocenters. The molecule has 0 aliphatic rings. The van der Waals surface area contributed by atoms with Crippen molar-refractivity contribution < 1.29 is 4.79 Å². The molecular weight excluding hydrogens is 102 g/mol. The van der Waals surface area contributed by atoms with Crippen LogP contribution < -0.4 is 5.32 Å². The summed E-state index contributed by atoms with van der Waals surface area (Å²) in [6.45, 7) is 4.32. The first-order valence-electron chi connectivity index (χ1n) is 2.81. The van der Waals surface area contributed by atoms with E-state index in [9.17, 15) is 4.79 Å². The van der Waals surface area contributed by atoms with Crippen LogP contribution >= 0.6 is 0 Å². The smallest absolute Gasteiger partial charge is 0.228 e. The molecule has 0 bridgehead atoms. The van der Waals surface area contributed by atoms with Gasteiger partial charge in [-0.3, -0.25) is 10.1 Å². The zero-order chi connectivity index (χ0) is 6.24. The summed E-state index contributed by atoms with van der Waals surface area (Å²) >= 11 is 0. The Morgan fingerprint density at radius 1 is 1.50 bits per heavy atom. The lowest BCUT2D eigenvalue weighted by molar-refractivity contribution is -0.109. The summed E-state index contributed by atoms with van der Waals surface area (Å²) in [4.78, 5) is 9.59. The molecule has 2 nitrogen and oxygen atoms in total. The Hall–Kier alpha value is -0.530. The highest BCUT2D eigenvalue weighted by atomic mass is 16.1. The lowest BCUT2D eigenvalue weighted by atomic mass is 10.2. The van der Waals surface area contributed by atoms with Crippen LogP contribution in [0.5, 0.6) is 0 Å². The highest BCUT2D eigenvalue weighted by molar-refractivity contribution is 5.45. The summed E-state index contributed by atoms with van der Waals surface area (Å²) in [5.41, 5.74) is 0. The minimum absolute atomic E-state index is 0.600. The Labute approximate surface area is 50.3 Å². The predicted octanol–water partition coefficient (Wildman–Crippen LogP) is 0.752. The second-order valence-electron chi connectivity index (χ2n) is 1.57. The summed E-state index contributed by atoms with van der Waals surface area (Å²) in [6, 6.07) is 0. The van der Waals surface area contributed by atoms with Crippen LogP contribution in [0.15, 0.2) is 0 Å². The Balaban J connectivity index is 2.62. The van der Waals surface area contributed by atoms with Gasteiger partial charge in [0.05, 0.1) is 0 Å². The third-order valence-electron chi connectivity index (χ3n) is 0.862. The van der Waals surface area contributed by atoms with Crippen molar-refractivity contribution in [2.75, 3.05) is 6.54 Å².